The maximum Gasteiger partial charge on any atom is 0.407 e. The molecule has 2 unspecified atom stereocenters. The zero-order valence-electron chi connectivity index (χ0n) is 9.73. The first-order chi connectivity index (χ1) is 7.58. The van der Waals surface area contributed by atoms with Crippen molar-refractivity contribution >= 4 is 12.0 Å². The molecular formula is C10H19N3O3. The van der Waals surface area contributed by atoms with Crippen LogP contribution in [0, 0.1) is 5.92 Å². The van der Waals surface area contributed by atoms with Crippen LogP contribution in [-0.4, -0.2) is 49.7 Å². The molecule has 0 saturated carbocycles. The lowest BCUT2D eigenvalue weighted by atomic mass is 10.1. The molecule has 0 aromatic heterocycles. The Bertz CT molecular complexity index is 270. The van der Waals surface area contributed by atoms with Crippen LogP contribution < -0.4 is 11.1 Å². The van der Waals surface area contributed by atoms with E-state index in [1.165, 1.54) is 7.11 Å². The third-order valence-corrected chi connectivity index (χ3v) is 2.78. The van der Waals surface area contributed by atoms with Crippen LogP contribution in [0.4, 0.5) is 4.79 Å². The van der Waals surface area contributed by atoms with Gasteiger partial charge in [-0.2, -0.15) is 0 Å². The Morgan fingerprint density at radius 2 is 2.31 bits per heavy atom. The third-order valence-electron chi connectivity index (χ3n) is 2.78. The first kappa shape index (κ1) is 12.8. The number of carbonyl (C=O) groups is 2. The summed E-state index contributed by atoms with van der Waals surface area (Å²) in [6.45, 7) is 3.37. The number of rotatable bonds is 3. The summed E-state index contributed by atoms with van der Waals surface area (Å²) in [6, 6.07) is -0.0126. The molecule has 6 nitrogen and oxygen atoms in total. The molecule has 0 spiro atoms. The monoisotopic (exact) mass is 229 g/mol. The zero-order valence-corrected chi connectivity index (χ0v) is 9.73. The van der Waals surface area contributed by atoms with E-state index in [9.17, 15) is 9.59 Å². The Balaban J connectivity index is 2.40. The van der Waals surface area contributed by atoms with Crippen LogP contribution in [0.3, 0.4) is 0 Å². The Morgan fingerprint density at radius 1 is 1.62 bits per heavy atom. The number of alkyl carbamates (subject to hydrolysis) is 1. The van der Waals surface area contributed by atoms with Crippen LogP contribution in [-0.2, 0) is 9.53 Å². The maximum atomic E-state index is 11.8. The molecule has 0 bridgehead atoms. The van der Waals surface area contributed by atoms with Crippen LogP contribution in [0.25, 0.3) is 0 Å². The van der Waals surface area contributed by atoms with E-state index in [0.29, 0.717) is 19.6 Å². The Labute approximate surface area is 95.1 Å². The lowest BCUT2D eigenvalue weighted by Gasteiger charge is -2.20. The van der Waals surface area contributed by atoms with E-state index in [0.717, 1.165) is 6.42 Å². The highest BCUT2D eigenvalue weighted by Crippen LogP contribution is 2.12. The lowest BCUT2D eigenvalue weighted by Crippen LogP contribution is -2.40. The van der Waals surface area contributed by atoms with Crippen molar-refractivity contribution in [2.45, 2.75) is 19.4 Å². The molecule has 2 amide bonds. The van der Waals surface area contributed by atoms with E-state index in [1.54, 1.807) is 4.90 Å². The molecule has 1 fully saturated rings. The maximum absolute atomic E-state index is 11.8. The van der Waals surface area contributed by atoms with Gasteiger partial charge >= 0.3 is 6.09 Å². The molecule has 1 rings (SSSR count). The van der Waals surface area contributed by atoms with Crippen molar-refractivity contribution in [1.82, 2.24) is 10.2 Å². The highest BCUT2D eigenvalue weighted by atomic mass is 16.5. The number of nitrogens with two attached hydrogens (primary N) is 1. The number of methoxy groups -OCH3 is 1. The van der Waals surface area contributed by atoms with Gasteiger partial charge in [-0.15, -0.1) is 0 Å². The standard InChI is InChI=1S/C10H19N3O3/c1-7(5-11)9(14)13-4-3-8(6-13)12-10(15)16-2/h7-8H,3-6,11H2,1-2H3,(H,12,15). The highest BCUT2D eigenvalue weighted by molar-refractivity contribution is 5.79. The number of likely N-dealkylation sites (tertiary alicyclic amines) is 1. The van der Waals surface area contributed by atoms with Gasteiger partial charge in [0.1, 0.15) is 0 Å². The van der Waals surface area contributed by atoms with Crippen LogP contribution in [0.2, 0.25) is 0 Å². The summed E-state index contributed by atoms with van der Waals surface area (Å²) in [5, 5.41) is 2.68. The third kappa shape index (κ3) is 3.10. The predicted molar refractivity (Wildman–Crippen MR) is 58.7 cm³/mol. The summed E-state index contributed by atoms with van der Waals surface area (Å²) in [5.74, 6) is -0.103. The summed E-state index contributed by atoms with van der Waals surface area (Å²) in [7, 11) is 1.32. The highest BCUT2D eigenvalue weighted by Gasteiger charge is 2.29. The fourth-order valence-electron chi connectivity index (χ4n) is 1.72. The van der Waals surface area contributed by atoms with E-state index in [-0.39, 0.29) is 17.9 Å². The molecule has 6 heteroatoms. The minimum absolute atomic E-state index is 0.0126. The van der Waals surface area contributed by atoms with E-state index >= 15 is 0 Å². The average Bonchev–Trinajstić information content (AvgIpc) is 2.75. The second-order valence-corrected chi connectivity index (χ2v) is 4.04. The van der Waals surface area contributed by atoms with Gasteiger partial charge in [-0.3, -0.25) is 4.79 Å². The fraction of sp³-hybridized carbons (Fsp3) is 0.800. The molecule has 0 aromatic carbocycles. The molecule has 1 heterocycles. The van der Waals surface area contributed by atoms with Gasteiger partial charge in [0, 0.05) is 25.6 Å². The molecule has 1 aliphatic heterocycles. The van der Waals surface area contributed by atoms with Crippen LogP contribution in [0.5, 0.6) is 0 Å². The fourth-order valence-corrected chi connectivity index (χ4v) is 1.72. The number of ether oxygens (including phenoxy) is 1. The quantitative estimate of drug-likeness (QED) is 0.685. The van der Waals surface area contributed by atoms with Crippen molar-refractivity contribution in [3.8, 4) is 0 Å². The molecule has 0 aliphatic carbocycles. The van der Waals surface area contributed by atoms with Gasteiger partial charge in [0.15, 0.2) is 0 Å². The van der Waals surface area contributed by atoms with Gasteiger partial charge in [-0.25, -0.2) is 4.79 Å². The molecule has 0 radical (unpaired) electrons. The van der Waals surface area contributed by atoms with Crippen molar-refractivity contribution in [3.05, 3.63) is 0 Å². The summed E-state index contributed by atoms with van der Waals surface area (Å²) >= 11 is 0. The Morgan fingerprint density at radius 3 is 2.88 bits per heavy atom. The number of hydrogen-bond donors (Lipinski definition) is 2. The van der Waals surface area contributed by atoms with Crippen molar-refractivity contribution in [3.63, 3.8) is 0 Å². The summed E-state index contributed by atoms with van der Waals surface area (Å²) < 4.78 is 4.50. The second kappa shape index (κ2) is 5.69. The van der Waals surface area contributed by atoms with Gasteiger partial charge in [-0.05, 0) is 6.42 Å². The summed E-state index contributed by atoms with van der Waals surface area (Å²) in [5.41, 5.74) is 5.44. The van der Waals surface area contributed by atoms with Gasteiger partial charge in [0.05, 0.1) is 13.2 Å². The predicted octanol–water partition coefficient (Wildman–Crippen LogP) is -0.462. The van der Waals surface area contributed by atoms with E-state index in [2.05, 4.69) is 10.1 Å². The molecule has 1 aliphatic rings. The largest absolute Gasteiger partial charge is 0.453 e. The summed E-state index contributed by atoms with van der Waals surface area (Å²) in [4.78, 5) is 24.5. The number of hydrogen-bond acceptors (Lipinski definition) is 4. The van der Waals surface area contributed by atoms with Gasteiger partial charge in [0.25, 0.3) is 0 Å². The number of carbonyl (C=O) groups excluding carboxylic acids is 2. The van der Waals surface area contributed by atoms with Gasteiger partial charge in [0.2, 0.25) is 5.91 Å². The lowest BCUT2D eigenvalue weighted by molar-refractivity contribution is -0.133. The summed E-state index contributed by atoms with van der Waals surface area (Å²) in [6.07, 6.45) is 0.309. The second-order valence-electron chi connectivity index (χ2n) is 4.04. The van der Waals surface area contributed by atoms with Crippen molar-refractivity contribution in [2.24, 2.45) is 11.7 Å². The Kier molecular flexibility index (Phi) is 4.54. The van der Waals surface area contributed by atoms with Gasteiger partial charge in [-0.1, -0.05) is 6.92 Å². The smallest absolute Gasteiger partial charge is 0.407 e. The molecule has 1 saturated heterocycles. The molecular weight excluding hydrogens is 210 g/mol. The minimum Gasteiger partial charge on any atom is -0.453 e. The molecule has 2 atom stereocenters. The minimum atomic E-state index is -0.453. The van der Waals surface area contributed by atoms with Gasteiger partial charge < -0.3 is 20.7 Å². The number of nitrogens with zero attached hydrogens (tertiary/aromatic N) is 1. The first-order valence-corrected chi connectivity index (χ1v) is 5.41. The normalized spacial score (nSPS) is 21.7. The first-order valence-electron chi connectivity index (χ1n) is 5.41. The molecule has 92 valence electrons. The SMILES string of the molecule is COC(=O)NC1CCN(C(=O)C(C)CN)C1. The average molecular weight is 229 g/mol. The molecule has 3 N–H and O–H groups in total. The van der Waals surface area contributed by atoms with Crippen LogP contribution in [0.1, 0.15) is 13.3 Å². The number of amides is 2. The van der Waals surface area contributed by atoms with Crippen molar-refractivity contribution in [1.29, 1.82) is 0 Å². The zero-order chi connectivity index (χ0) is 12.1. The molecule has 0 aromatic rings. The molecule has 16 heavy (non-hydrogen) atoms. The van der Waals surface area contributed by atoms with E-state index < -0.39 is 6.09 Å². The van der Waals surface area contributed by atoms with Crippen LogP contribution >= 0.6 is 0 Å². The van der Waals surface area contributed by atoms with Crippen molar-refractivity contribution < 1.29 is 14.3 Å². The van der Waals surface area contributed by atoms with Crippen molar-refractivity contribution in [2.75, 3.05) is 26.7 Å². The topological polar surface area (TPSA) is 84.7 Å². The Hall–Kier alpha value is -1.30. The van der Waals surface area contributed by atoms with E-state index in [4.69, 9.17) is 5.73 Å². The van der Waals surface area contributed by atoms with E-state index in [1.807, 2.05) is 6.92 Å². The number of nitrogens with one attached hydrogen (secondary N) is 1. The van der Waals surface area contributed by atoms with Crippen LogP contribution in [0.15, 0.2) is 0 Å².